The maximum absolute atomic E-state index is 11.9. The smallest absolute Gasteiger partial charge is 0.230 e. The predicted octanol–water partition coefficient (Wildman–Crippen LogP) is 4.00. The first-order chi connectivity index (χ1) is 11.8. The van der Waals surface area contributed by atoms with Crippen LogP contribution in [0.3, 0.4) is 0 Å². The van der Waals surface area contributed by atoms with Crippen LogP contribution >= 0.6 is 23.1 Å². The minimum Gasteiger partial charge on any atom is -0.462 e. The third kappa shape index (κ3) is 4.97. The number of hydrogen-bond donors (Lipinski definition) is 1. The number of thiazole rings is 1. The molecule has 0 atom stereocenters. The first kappa shape index (κ1) is 16.8. The van der Waals surface area contributed by atoms with E-state index >= 15 is 0 Å². The molecule has 3 rings (SSSR count). The molecular weight excluding hydrogens is 340 g/mol. The number of benzene rings is 1. The summed E-state index contributed by atoms with van der Waals surface area (Å²) in [4.78, 5) is 16.4. The summed E-state index contributed by atoms with van der Waals surface area (Å²) in [7, 11) is 0. The molecule has 6 heteroatoms. The topological polar surface area (TPSA) is 55.1 Å². The minimum atomic E-state index is 0.0671. The lowest BCUT2D eigenvalue weighted by molar-refractivity contribution is -0.118. The fourth-order valence-corrected chi connectivity index (χ4v) is 3.81. The lowest BCUT2D eigenvalue weighted by atomic mass is 10.1. The Morgan fingerprint density at radius 3 is 2.88 bits per heavy atom. The summed E-state index contributed by atoms with van der Waals surface area (Å²) >= 11 is 3.13. The molecule has 4 nitrogen and oxygen atoms in total. The van der Waals surface area contributed by atoms with E-state index < -0.39 is 0 Å². The number of carbonyl (C=O) groups excluding carboxylic acids is 1. The van der Waals surface area contributed by atoms with Crippen LogP contribution in [0, 0.1) is 0 Å². The van der Waals surface area contributed by atoms with Crippen LogP contribution < -0.4 is 5.32 Å². The number of furan rings is 1. The normalized spacial score (nSPS) is 10.7. The highest BCUT2D eigenvalue weighted by Gasteiger charge is 2.08. The largest absolute Gasteiger partial charge is 0.462 e. The molecule has 0 aliphatic heterocycles. The second-order valence-corrected chi connectivity index (χ2v) is 7.04. The molecule has 3 aromatic rings. The van der Waals surface area contributed by atoms with E-state index in [-0.39, 0.29) is 5.91 Å². The monoisotopic (exact) mass is 358 g/mol. The Morgan fingerprint density at radius 1 is 1.21 bits per heavy atom. The van der Waals surface area contributed by atoms with Crippen LogP contribution in [0.15, 0.2) is 58.5 Å². The van der Waals surface area contributed by atoms with E-state index in [2.05, 4.69) is 22.4 Å². The molecular formula is C18H18N2O2S2. The Labute approximate surface area is 149 Å². The number of amides is 1. The van der Waals surface area contributed by atoms with Gasteiger partial charge in [-0.2, -0.15) is 0 Å². The van der Waals surface area contributed by atoms with Crippen molar-refractivity contribution in [3.05, 3.63) is 65.4 Å². The van der Waals surface area contributed by atoms with E-state index in [0.717, 1.165) is 28.6 Å². The molecule has 1 amide bonds. The number of aromatic nitrogens is 1. The van der Waals surface area contributed by atoms with E-state index in [0.29, 0.717) is 12.3 Å². The molecule has 2 aromatic heterocycles. The summed E-state index contributed by atoms with van der Waals surface area (Å²) in [5.74, 6) is 2.03. The summed E-state index contributed by atoms with van der Waals surface area (Å²) in [6.07, 6.45) is 2.50. The van der Waals surface area contributed by atoms with Crippen molar-refractivity contribution in [2.24, 2.45) is 0 Å². The molecule has 0 aliphatic rings. The average Bonchev–Trinajstić information content (AvgIpc) is 3.27. The SMILES string of the molecule is O=C(CSCc1csc(-c2ccco2)n1)NCCc1ccccc1. The zero-order valence-corrected chi connectivity index (χ0v) is 14.7. The van der Waals surface area contributed by atoms with Crippen LogP contribution in [0.25, 0.3) is 10.8 Å². The lowest BCUT2D eigenvalue weighted by Crippen LogP contribution is -2.27. The molecule has 124 valence electrons. The van der Waals surface area contributed by atoms with Crippen molar-refractivity contribution >= 4 is 29.0 Å². The molecule has 0 bridgehead atoms. The number of thioether (sulfide) groups is 1. The molecule has 1 N–H and O–H groups in total. The molecule has 1 aromatic carbocycles. The van der Waals surface area contributed by atoms with Gasteiger partial charge in [0.25, 0.3) is 0 Å². The molecule has 0 radical (unpaired) electrons. The van der Waals surface area contributed by atoms with Gasteiger partial charge in [-0.1, -0.05) is 30.3 Å². The number of nitrogens with one attached hydrogen (secondary N) is 1. The van der Waals surface area contributed by atoms with Crippen molar-refractivity contribution in [1.29, 1.82) is 0 Å². The van der Waals surface area contributed by atoms with E-state index in [9.17, 15) is 4.79 Å². The number of hydrogen-bond acceptors (Lipinski definition) is 5. The van der Waals surface area contributed by atoms with Gasteiger partial charge < -0.3 is 9.73 Å². The first-order valence-corrected chi connectivity index (χ1v) is 9.71. The second-order valence-electron chi connectivity index (χ2n) is 5.20. The van der Waals surface area contributed by atoms with Gasteiger partial charge in [0.15, 0.2) is 10.8 Å². The van der Waals surface area contributed by atoms with Gasteiger partial charge in [-0.05, 0) is 24.1 Å². The van der Waals surface area contributed by atoms with Crippen molar-refractivity contribution < 1.29 is 9.21 Å². The van der Waals surface area contributed by atoms with Gasteiger partial charge in [-0.25, -0.2) is 4.98 Å². The molecule has 0 spiro atoms. The van der Waals surface area contributed by atoms with Crippen LogP contribution in [-0.4, -0.2) is 23.2 Å². The summed E-state index contributed by atoms with van der Waals surface area (Å²) in [6, 6.07) is 13.9. The van der Waals surface area contributed by atoms with E-state index in [1.165, 1.54) is 5.56 Å². The van der Waals surface area contributed by atoms with Gasteiger partial charge in [-0.3, -0.25) is 4.79 Å². The summed E-state index contributed by atoms with van der Waals surface area (Å²) < 4.78 is 5.33. The van der Waals surface area contributed by atoms with Gasteiger partial charge >= 0.3 is 0 Å². The van der Waals surface area contributed by atoms with Gasteiger partial charge in [0.1, 0.15) is 0 Å². The summed E-state index contributed by atoms with van der Waals surface area (Å²) in [5.41, 5.74) is 2.21. The Hall–Kier alpha value is -2.05. The summed E-state index contributed by atoms with van der Waals surface area (Å²) in [5, 5.41) is 5.84. The van der Waals surface area contributed by atoms with Crippen LogP contribution in [0.5, 0.6) is 0 Å². The highest BCUT2D eigenvalue weighted by molar-refractivity contribution is 7.99. The molecule has 0 fully saturated rings. The Kier molecular flexibility index (Phi) is 6.09. The van der Waals surface area contributed by atoms with Gasteiger partial charge in [0.05, 0.1) is 17.7 Å². The third-order valence-electron chi connectivity index (χ3n) is 3.35. The molecule has 0 saturated heterocycles. The Morgan fingerprint density at radius 2 is 2.08 bits per heavy atom. The molecule has 0 saturated carbocycles. The maximum atomic E-state index is 11.9. The minimum absolute atomic E-state index is 0.0671. The van der Waals surface area contributed by atoms with Crippen molar-refractivity contribution in [3.63, 3.8) is 0 Å². The first-order valence-electron chi connectivity index (χ1n) is 7.68. The maximum Gasteiger partial charge on any atom is 0.230 e. The number of carbonyl (C=O) groups is 1. The van der Waals surface area contributed by atoms with E-state index in [4.69, 9.17) is 4.42 Å². The highest BCUT2D eigenvalue weighted by atomic mass is 32.2. The van der Waals surface area contributed by atoms with Crippen LogP contribution in [0.1, 0.15) is 11.3 Å². The Bertz CT molecular complexity index is 754. The predicted molar refractivity (Wildman–Crippen MR) is 99.1 cm³/mol. The van der Waals surface area contributed by atoms with Crippen molar-refractivity contribution in [2.45, 2.75) is 12.2 Å². The number of nitrogens with zero attached hydrogens (tertiary/aromatic N) is 1. The van der Waals surface area contributed by atoms with Gasteiger partial charge in [0.2, 0.25) is 5.91 Å². The van der Waals surface area contributed by atoms with Crippen LogP contribution in [0.4, 0.5) is 0 Å². The zero-order valence-electron chi connectivity index (χ0n) is 13.1. The standard InChI is InChI=1S/C18H18N2O2S2/c21-17(19-9-8-14-5-2-1-3-6-14)13-23-11-15-12-24-18(20-15)16-7-4-10-22-16/h1-7,10,12H,8-9,11,13H2,(H,19,21). The van der Waals surface area contributed by atoms with Crippen LogP contribution in [-0.2, 0) is 17.0 Å². The molecule has 0 unspecified atom stereocenters. The van der Waals surface area contributed by atoms with Crippen LogP contribution in [0.2, 0.25) is 0 Å². The average molecular weight is 358 g/mol. The van der Waals surface area contributed by atoms with Crippen molar-refractivity contribution in [1.82, 2.24) is 10.3 Å². The van der Waals surface area contributed by atoms with E-state index in [1.807, 2.05) is 35.7 Å². The third-order valence-corrected chi connectivity index (χ3v) is 5.22. The quantitative estimate of drug-likeness (QED) is 0.661. The lowest BCUT2D eigenvalue weighted by Gasteiger charge is -2.04. The number of rotatable bonds is 8. The van der Waals surface area contributed by atoms with E-state index in [1.54, 1.807) is 29.4 Å². The van der Waals surface area contributed by atoms with Gasteiger partial charge in [0, 0.05) is 17.7 Å². The zero-order chi connectivity index (χ0) is 16.6. The highest BCUT2D eigenvalue weighted by Crippen LogP contribution is 2.25. The molecule has 2 heterocycles. The fourth-order valence-electron chi connectivity index (χ4n) is 2.18. The summed E-state index contributed by atoms with van der Waals surface area (Å²) in [6.45, 7) is 0.669. The van der Waals surface area contributed by atoms with Crippen molar-refractivity contribution in [3.8, 4) is 10.8 Å². The molecule has 24 heavy (non-hydrogen) atoms. The Balaban J connectivity index is 1.35. The van der Waals surface area contributed by atoms with Gasteiger partial charge in [-0.15, -0.1) is 23.1 Å². The van der Waals surface area contributed by atoms with Crippen molar-refractivity contribution in [2.75, 3.05) is 12.3 Å². The fraction of sp³-hybridized carbons (Fsp3) is 0.222. The molecule has 0 aliphatic carbocycles. The second kappa shape index (κ2) is 8.70.